The van der Waals surface area contributed by atoms with Crippen molar-refractivity contribution >= 4 is 65.2 Å². The quantitative estimate of drug-likeness (QED) is 0.0708. The summed E-state index contributed by atoms with van der Waals surface area (Å²) in [4.78, 5) is 54.5. The molecule has 0 bridgehead atoms. The van der Waals surface area contributed by atoms with Gasteiger partial charge in [-0.1, -0.05) is 0 Å². The van der Waals surface area contributed by atoms with Crippen LogP contribution in [0.25, 0.3) is 11.3 Å². The van der Waals surface area contributed by atoms with E-state index in [9.17, 15) is 45.5 Å². The van der Waals surface area contributed by atoms with Crippen LogP contribution in [0.15, 0.2) is 79.4 Å². The molecule has 0 saturated carbocycles. The molecule has 0 saturated heterocycles. The molecule has 24 heteroatoms. The summed E-state index contributed by atoms with van der Waals surface area (Å²) in [6, 6.07) is 9.34. The summed E-state index contributed by atoms with van der Waals surface area (Å²) in [5.41, 5.74) is 1.05. The number of ketones is 1. The number of anilines is 1. The molecule has 0 aromatic carbocycles. The van der Waals surface area contributed by atoms with E-state index in [0.717, 1.165) is 14.6 Å². The fraction of sp³-hybridized carbons (Fsp3) is 0.281. The summed E-state index contributed by atoms with van der Waals surface area (Å²) in [6.07, 6.45) is -5.29. The number of nitrogen functional groups attached to an aromatic ring is 1. The van der Waals surface area contributed by atoms with Gasteiger partial charge in [-0.2, -0.15) is 26.3 Å². The molecule has 2 N–H and O–H groups in total. The van der Waals surface area contributed by atoms with Gasteiger partial charge in [0.1, 0.15) is 51.0 Å². The van der Waals surface area contributed by atoms with Crippen LogP contribution >= 0.6 is 28.7 Å². The summed E-state index contributed by atoms with van der Waals surface area (Å²) in [5, 5.41) is 0. The molecule has 1 radical (unpaired) electrons. The number of halogens is 7. The van der Waals surface area contributed by atoms with E-state index in [4.69, 9.17) is 19.9 Å². The SMILES string of the molecule is CCOC(=O)CC(C)=O.COc1ccc(N)nc1.COc1ccc2nc(C(F)(F)F)c(Br)c(=O)n2c1.COc1ccc2nc(C(F)(F)F)cc(=O)n2c1.[B]=NS. The number of aromatic nitrogens is 5. The molecule has 0 aliphatic carbocycles. The van der Waals surface area contributed by atoms with Crippen molar-refractivity contribution in [2.45, 2.75) is 32.6 Å². The number of Topliss-reactive ketones (excluding diaryl/α,β-unsaturated/α-hetero) is 1. The van der Waals surface area contributed by atoms with E-state index in [1.165, 1.54) is 57.8 Å². The average molecular weight is 879 g/mol. The predicted octanol–water partition coefficient (Wildman–Crippen LogP) is 5.59. The second-order valence-electron chi connectivity index (χ2n) is 10.1. The Morgan fingerprint density at radius 2 is 1.38 bits per heavy atom. The summed E-state index contributed by atoms with van der Waals surface area (Å²) < 4.78 is 98.3. The second-order valence-corrected chi connectivity index (χ2v) is 11.1. The van der Waals surface area contributed by atoms with Crippen molar-refractivity contribution in [3.63, 3.8) is 0 Å². The van der Waals surface area contributed by atoms with Crippen molar-refractivity contribution in [3.8, 4) is 17.2 Å². The van der Waals surface area contributed by atoms with Crippen LogP contribution in [0.1, 0.15) is 31.7 Å². The normalized spacial score (nSPS) is 10.4. The van der Waals surface area contributed by atoms with Crippen molar-refractivity contribution in [3.05, 3.63) is 97.6 Å². The number of carbonyl (C=O) groups excluding carboxylic acids is 2. The second kappa shape index (κ2) is 22.8. The number of carbonyl (C=O) groups is 2. The Labute approximate surface area is 328 Å². The Morgan fingerprint density at radius 3 is 1.80 bits per heavy atom. The number of hydrogen-bond donors (Lipinski definition) is 2. The number of methoxy groups -OCH3 is 3. The number of ether oxygens (including phenoxy) is 4. The molecule has 0 aliphatic rings. The van der Waals surface area contributed by atoms with Gasteiger partial charge in [-0.3, -0.25) is 28.0 Å². The monoisotopic (exact) mass is 878 g/mol. The van der Waals surface area contributed by atoms with Crippen LogP contribution in [0.5, 0.6) is 17.2 Å². The summed E-state index contributed by atoms with van der Waals surface area (Å²) in [7, 11) is 8.71. The van der Waals surface area contributed by atoms with Gasteiger partial charge in [-0.25, -0.2) is 15.0 Å². The van der Waals surface area contributed by atoms with Crippen molar-refractivity contribution in [2.75, 3.05) is 33.7 Å². The third kappa shape index (κ3) is 15.7. The first-order valence-corrected chi connectivity index (χ1v) is 16.3. The van der Waals surface area contributed by atoms with Crippen LogP contribution in [0.4, 0.5) is 32.2 Å². The average Bonchev–Trinajstić information content (AvgIpc) is 3.13. The molecular weight excluding hydrogens is 847 g/mol. The Morgan fingerprint density at radius 1 is 0.875 bits per heavy atom. The number of pyridine rings is 3. The van der Waals surface area contributed by atoms with Gasteiger partial charge < -0.3 is 24.7 Å². The zero-order valence-electron chi connectivity index (χ0n) is 29.9. The zero-order chi connectivity index (χ0) is 42.8. The number of alkyl halides is 6. The summed E-state index contributed by atoms with van der Waals surface area (Å²) >= 11 is 5.82. The van der Waals surface area contributed by atoms with E-state index < -0.39 is 45.3 Å². The first-order valence-electron chi connectivity index (χ1n) is 15.1. The van der Waals surface area contributed by atoms with Crippen LogP contribution in [0.2, 0.25) is 0 Å². The van der Waals surface area contributed by atoms with E-state index in [-0.39, 0.29) is 23.5 Å². The molecule has 5 rings (SSSR count). The molecule has 0 amide bonds. The van der Waals surface area contributed by atoms with Gasteiger partial charge >= 0.3 is 43.1 Å². The summed E-state index contributed by atoms with van der Waals surface area (Å²) in [6.45, 7) is 3.40. The predicted molar refractivity (Wildman–Crippen MR) is 198 cm³/mol. The molecule has 56 heavy (non-hydrogen) atoms. The van der Waals surface area contributed by atoms with Crippen LogP contribution in [-0.4, -0.2) is 71.1 Å². The molecule has 5 heterocycles. The Bertz CT molecular complexity index is 2210. The molecule has 5 aromatic heterocycles. The third-order valence-corrected chi connectivity index (χ3v) is 6.81. The standard InChI is InChI=1S/C10H6BrF3N2O2.C10H7F3N2O2.C6H8N2O.C6H10O3.BHNS/c1-18-5-2-3-6-15-8(10(12,13)14)7(11)9(17)16(6)4-5;1-17-6-2-3-8-14-7(10(11,12)13)4-9(16)15(8)5-6;1-9-5-2-3-6(7)8-4-5;1-3-9-6(8)4-5(2)7;1-2-3/h2-4H,1H3;2-5H,1H3;2-4H,1H3,(H2,7,8);3-4H2,1-2H3;3H. The first-order chi connectivity index (χ1) is 26.2. The number of hydrogen-bond acceptors (Lipinski definition) is 14. The number of esters is 1. The van der Waals surface area contributed by atoms with E-state index in [2.05, 4.69) is 60.4 Å². The molecule has 0 atom stereocenters. The number of rotatable bonds is 6. The third-order valence-electron chi connectivity index (χ3n) is 6.10. The maximum absolute atomic E-state index is 12.6. The van der Waals surface area contributed by atoms with Gasteiger partial charge in [0, 0.05) is 6.07 Å². The Balaban J connectivity index is 0.000000381. The van der Waals surface area contributed by atoms with E-state index in [1.54, 1.807) is 32.4 Å². The number of thiol groups is 1. The van der Waals surface area contributed by atoms with Gasteiger partial charge in [0.2, 0.25) is 0 Å². The first kappa shape index (κ1) is 48.5. The topological polar surface area (TPSA) is 191 Å². The molecule has 0 unspecified atom stereocenters. The van der Waals surface area contributed by atoms with Gasteiger partial charge in [0.05, 0.1) is 46.5 Å². The van der Waals surface area contributed by atoms with Crippen LogP contribution < -0.4 is 31.1 Å². The molecule has 0 fully saturated rings. The maximum atomic E-state index is 12.6. The van der Waals surface area contributed by atoms with Gasteiger partial charge in [-0.15, -0.1) is 0 Å². The van der Waals surface area contributed by atoms with Crippen LogP contribution in [0, 0.1) is 0 Å². The van der Waals surface area contributed by atoms with E-state index in [1.807, 2.05) is 0 Å². The van der Waals surface area contributed by atoms with Crippen LogP contribution in [0.3, 0.4) is 0 Å². The number of nitrogens with zero attached hydrogens (tertiary/aromatic N) is 6. The van der Waals surface area contributed by atoms with Crippen molar-refractivity contribution < 1.29 is 54.9 Å². The van der Waals surface area contributed by atoms with Gasteiger partial charge in [0.25, 0.3) is 11.1 Å². The van der Waals surface area contributed by atoms with Crippen molar-refractivity contribution in [1.82, 2.24) is 23.8 Å². The Kier molecular flexibility index (Phi) is 19.7. The van der Waals surface area contributed by atoms with Crippen molar-refractivity contribution in [1.29, 1.82) is 0 Å². The molecule has 15 nitrogen and oxygen atoms in total. The Hall–Kier alpha value is -5.52. The fourth-order valence-electron chi connectivity index (χ4n) is 3.68. The van der Waals surface area contributed by atoms with E-state index in [0.29, 0.717) is 30.0 Å². The molecular formula is C32H32BBrF6N7O8S. The van der Waals surface area contributed by atoms with E-state index >= 15 is 0 Å². The minimum atomic E-state index is -4.69. The molecule has 0 spiro atoms. The molecule has 301 valence electrons. The molecule has 0 aliphatic heterocycles. The van der Waals surface area contributed by atoms with Crippen molar-refractivity contribution in [2.24, 2.45) is 4.30 Å². The fourth-order valence-corrected chi connectivity index (χ4v) is 4.19. The minimum absolute atomic E-state index is 0.0781. The number of nitrogens with two attached hydrogens (primary N) is 1. The number of fused-ring (bicyclic) bond motifs is 2. The summed E-state index contributed by atoms with van der Waals surface area (Å²) in [5.74, 6) is 1.35. The zero-order valence-corrected chi connectivity index (χ0v) is 32.4. The van der Waals surface area contributed by atoms with Gasteiger partial charge in [-0.05, 0) is 66.2 Å². The molecule has 5 aromatic rings. The van der Waals surface area contributed by atoms with Crippen LogP contribution in [-0.2, 0) is 26.7 Å². The van der Waals surface area contributed by atoms with Gasteiger partial charge in [0.15, 0.2) is 11.4 Å².